The molecule has 0 aliphatic carbocycles. The molecule has 1 saturated heterocycles. The molecule has 0 radical (unpaired) electrons. The SMILES string of the molecule is COc1cc(/C=C2/SC(=Nc3ccccc3)NC2=O)cc(Cl)c1O. The third-order valence-corrected chi connectivity index (χ3v) is 4.40. The Bertz CT molecular complexity index is 850. The van der Waals surface area contributed by atoms with Gasteiger partial charge in [0.2, 0.25) is 0 Å². The average molecular weight is 361 g/mol. The Balaban J connectivity index is 1.88. The maximum atomic E-state index is 12.1. The number of carbonyl (C=O) groups is 1. The van der Waals surface area contributed by atoms with Crippen molar-refractivity contribution in [3.05, 3.63) is 58.0 Å². The Morgan fingerprint density at radius 3 is 2.75 bits per heavy atom. The van der Waals surface area contributed by atoms with Crippen LogP contribution in [0.15, 0.2) is 52.4 Å². The van der Waals surface area contributed by atoms with Crippen LogP contribution in [0.2, 0.25) is 5.02 Å². The standard InChI is InChI=1S/C17H13ClN2O3S/c1-23-13-8-10(7-12(18)15(13)21)9-14-16(22)20-17(24-14)19-11-5-3-2-4-6-11/h2-9,21H,1H3,(H,19,20,22)/b14-9+. The quantitative estimate of drug-likeness (QED) is 0.813. The van der Waals surface area contributed by atoms with Crippen LogP contribution < -0.4 is 10.1 Å². The van der Waals surface area contributed by atoms with Gasteiger partial charge in [-0.25, -0.2) is 4.99 Å². The number of halogens is 1. The van der Waals surface area contributed by atoms with E-state index in [0.29, 0.717) is 15.6 Å². The third kappa shape index (κ3) is 3.55. The summed E-state index contributed by atoms with van der Waals surface area (Å²) >= 11 is 7.20. The third-order valence-electron chi connectivity index (χ3n) is 3.21. The van der Waals surface area contributed by atoms with Crippen molar-refractivity contribution in [2.75, 3.05) is 7.11 Å². The first-order chi connectivity index (χ1) is 11.6. The molecule has 1 heterocycles. The molecular formula is C17H13ClN2O3S. The Morgan fingerprint density at radius 1 is 1.29 bits per heavy atom. The fourth-order valence-electron chi connectivity index (χ4n) is 2.08. The number of ether oxygens (including phenoxy) is 1. The minimum absolute atomic E-state index is 0.129. The van der Waals surface area contributed by atoms with E-state index in [4.69, 9.17) is 16.3 Å². The summed E-state index contributed by atoms with van der Waals surface area (Å²) in [5.74, 6) is -0.120. The van der Waals surface area contributed by atoms with Crippen molar-refractivity contribution in [3.8, 4) is 11.5 Å². The van der Waals surface area contributed by atoms with E-state index in [9.17, 15) is 9.90 Å². The Labute approximate surface area is 148 Å². The number of carbonyl (C=O) groups excluding carboxylic acids is 1. The molecule has 1 aliphatic rings. The number of nitrogens with one attached hydrogen (secondary N) is 1. The predicted octanol–water partition coefficient (Wildman–Crippen LogP) is 3.95. The van der Waals surface area contributed by atoms with Gasteiger partial charge in [0.05, 0.1) is 22.7 Å². The summed E-state index contributed by atoms with van der Waals surface area (Å²) in [4.78, 5) is 17.0. The molecule has 0 aromatic heterocycles. The van der Waals surface area contributed by atoms with E-state index in [-0.39, 0.29) is 22.4 Å². The van der Waals surface area contributed by atoms with Gasteiger partial charge in [-0.1, -0.05) is 29.8 Å². The Hall–Kier alpha value is -2.44. The van der Waals surface area contributed by atoms with Crippen LogP contribution in [0.25, 0.3) is 6.08 Å². The average Bonchev–Trinajstić information content (AvgIpc) is 2.91. The van der Waals surface area contributed by atoms with Gasteiger partial charge < -0.3 is 15.2 Å². The van der Waals surface area contributed by atoms with Crippen molar-refractivity contribution in [2.45, 2.75) is 0 Å². The highest BCUT2D eigenvalue weighted by Crippen LogP contribution is 2.36. The van der Waals surface area contributed by atoms with Crippen LogP contribution >= 0.6 is 23.4 Å². The number of phenols is 1. The zero-order valence-electron chi connectivity index (χ0n) is 12.6. The van der Waals surface area contributed by atoms with E-state index in [1.54, 1.807) is 18.2 Å². The van der Waals surface area contributed by atoms with E-state index < -0.39 is 0 Å². The highest BCUT2D eigenvalue weighted by atomic mass is 35.5. The summed E-state index contributed by atoms with van der Waals surface area (Å²) in [6, 6.07) is 12.5. The number of hydrogen-bond donors (Lipinski definition) is 2. The first-order valence-electron chi connectivity index (χ1n) is 6.98. The summed E-state index contributed by atoms with van der Waals surface area (Å²) < 4.78 is 5.06. The molecule has 2 N–H and O–H groups in total. The lowest BCUT2D eigenvalue weighted by molar-refractivity contribution is -0.115. The minimum atomic E-state index is -0.238. The van der Waals surface area contributed by atoms with Gasteiger partial charge in [0.25, 0.3) is 5.91 Å². The number of para-hydroxylation sites is 1. The number of nitrogens with zero attached hydrogens (tertiary/aromatic N) is 1. The number of rotatable bonds is 3. The summed E-state index contributed by atoms with van der Waals surface area (Å²) in [6.07, 6.45) is 1.67. The summed E-state index contributed by atoms with van der Waals surface area (Å²) in [5, 5.41) is 13.1. The van der Waals surface area contributed by atoms with Crippen LogP contribution in [0, 0.1) is 0 Å². The molecular weight excluding hydrogens is 348 g/mol. The smallest absolute Gasteiger partial charge is 0.264 e. The molecule has 24 heavy (non-hydrogen) atoms. The maximum absolute atomic E-state index is 12.1. The molecule has 0 spiro atoms. The van der Waals surface area contributed by atoms with Gasteiger partial charge in [-0.3, -0.25) is 4.79 Å². The number of aromatic hydroxyl groups is 1. The summed E-state index contributed by atoms with van der Waals surface area (Å²) in [7, 11) is 1.43. The molecule has 1 fully saturated rings. The van der Waals surface area contributed by atoms with Gasteiger partial charge in [-0.2, -0.15) is 0 Å². The second kappa shape index (κ2) is 6.98. The monoisotopic (exact) mass is 360 g/mol. The number of hydrogen-bond acceptors (Lipinski definition) is 5. The summed E-state index contributed by atoms with van der Waals surface area (Å²) in [5.41, 5.74) is 1.41. The number of amidine groups is 1. The van der Waals surface area contributed by atoms with Gasteiger partial charge in [-0.15, -0.1) is 0 Å². The van der Waals surface area contributed by atoms with Gasteiger partial charge in [0, 0.05) is 0 Å². The van der Waals surface area contributed by atoms with Crippen molar-refractivity contribution >= 4 is 46.2 Å². The predicted molar refractivity (Wildman–Crippen MR) is 96.9 cm³/mol. The molecule has 0 unspecified atom stereocenters. The van der Waals surface area contributed by atoms with Gasteiger partial charge in [0.1, 0.15) is 0 Å². The molecule has 0 saturated carbocycles. The van der Waals surface area contributed by atoms with Crippen LogP contribution in [0.5, 0.6) is 11.5 Å². The van der Waals surface area contributed by atoms with Gasteiger partial charge in [-0.05, 0) is 47.7 Å². The number of phenolic OH excluding ortho intramolecular Hbond substituents is 1. The Morgan fingerprint density at radius 2 is 2.04 bits per heavy atom. The second-order valence-corrected chi connectivity index (χ2v) is 6.31. The molecule has 2 aromatic rings. The molecule has 1 amide bonds. The number of aliphatic imine (C=N–C) groups is 1. The number of amides is 1. The largest absolute Gasteiger partial charge is 0.503 e. The highest BCUT2D eigenvalue weighted by molar-refractivity contribution is 8.18. The zero-order chi connectivity index (χ0) is 17.1. The molecule has 122 valence electrons. The maximum Gasteiger partial charge on any atom is 0.264 e. The fourth-order valence-corrected chi connectivity index (χ4v) is 3.15. The molecule has 2 aromatic carbocycles. The second-order valence-electron chi connectivity index (χ2n) is 4.87. The minimum Gasteiger partial charge on any atom is -0.503 e. The highest BCUT2D eigenvalue weighted by Gasteiger charge is 2.24. The number of benzene rings is 2. The molecule has 7 heteroatoms. The molecule has 0 bridgehead atoms. The topological polar surface area (TPSA) is 70.9 Å². The lowest BCUT2D eigenvalue weighted by atomic mass is 10.2. The van der Waals surface area contributed by atoms with Gasteiger partial charge in [0.15, 0.2) is 16.7 Å². The summed E-state index contributed by atoms with van der Waals surface area (Å²) in [6.45, 7) is 0. The van der Waals surface area contributed by atoms with Crippen molar-refractivity contribution in [1.82, 2.24) is 5.32 Å². The van der Waals surface area contributed by atoms with E-state index in [1.165, 1.54) is 18.9 Å². The number of methoxy groups -OCH3 is 1. The molecule has 0 atom stereocenters. The van der Waals surface area contributed by atoms with Crippen LogP contribution in [0.4, 0.5) is 5.69 Å². The zero-order valence-corrected chi connectivity index (χ0v) is 14.2. The molecule has 3 rings (SSSR count). The van der Waals surface area contributed by atoms with E-state index in [0.717, 1.165) is 5.69 Å². The van der Waals surface area contributed by atoms with Crippen molar-refractivity contribution in [2.24, 2.45) is 4.99 Å². The molecule has 5 nitrogen and oxygen atoms in total. The van der Waals surface area contributed by atoms with Crippen LogP contribution in [0.1, 0.15) is 5.56 Å². The number of thioether (sulfide) groups is 1. The molecule has 1 aliphatic heterocycles. The van der Waals surface area contributed by atoms with Crippen LogP contribution in [-0.4, -0.2) is 23.3 Å². The lowest BCUT2D eigenvalue weighted by Crippen LogP contribution is -2.19. The fraction of sp³-hybridized carbons (Fsp3) is 0.0588. The first kappa shape index (κ1) is 16.4. The van der Waals surface area contributed by atoms with Crippen molar-refractivity contribution < 1.29 is 14.6 Å². The van der Waals surface area contributed by atoms with Crippen LogP contribution in [0.3, 0.4) is 0 Å². The lowest BCUT2D eigenvalue weighted by Gasteiger charge is -2.06. The van der Waals surface area contributed by atoms with E-state index in [2.05, 4.69) is 10.3 Å². The van der Waals surface area contributed by atoms with Crippen molar-refractivity contribution in [1.29, 1.82) is 0 Å². The first-order valence-corrected chi connectivity index (χ1v) is 8.17. The van der Waals surface area contributed by atoms with E-state index >= 15 is 0 Å². The van der Waals surface area contributed by atoms with Crippen molar-refractivity contribution in [3.63, 3.8) is 0 Å². The van der Waals surface area contributed by atoms with E-state index in [1.807, 2.05) is 30.3 Å². The van der Waals surface area contributed by atoms with Crippen LogP contribution in [-0.2, 0) is 4.79 Å². The normalized spacial score (nSPS) is 17.3. The Kier molecular flexibility index (Phi) is 4.78. The van der Waals surface area contributed by atoms with Gasteiger partial charge >= 0.3 is 0 Å².